The molecule has 1 aromatic carbocycles. The number of methoxy groups -OCH3 is 1. The molecular formula is C16H22BrNO2. The van der Waals surface area contributed by atoms with Gasteiger partial charge in [0, 0.05) is 10.9 Å². The van der Waals surface area contributed by atoms with Crippen LogP contribution in [0.1, 0.15) is 48.0 Å². The van der Waals surface area contributed by atoms with Crippen LogP contribution >= 0.6 is 15.9 Å². The van der Waals surface area contributed by atoms with E-state index in [4.69, 9.17) is 4.74 Å². The number of carbonyl (C=O) groups is 1. The van der Waals surface area contributed by atoms with Crippen LogP contribution < -0.4 is 10.1 Å². The average molecular weight is 340 g/mol. The van der Waals surface area contributed by atoms with Crippen molar-refractivity contribution in [3.8, 4) is 5.75 Å². The molecule has 20 heavy (non-hydrogen) atoms. The first-order chi connectivity index (χ1) is 9.60. The molecule has 0 unspecified atom stereocenters. The molecule has 1 N–H and O–H groups in total. The minimum Gasteiger partial charge on any atom is -0.496 e. The van der Waals surface area contributed by atoms with E-state index in [1.54, 1.807) is 7.11 Å². The second-order valence-corrected chi connectivity index (χ2v) is 6.17. The Labute approximate surface area is 129 Å². The van der Waals surface area contributed by atoms with Crippen LogP contribution in [-0.4, -0.2) is 23.9 Å². The van der Waals surface area contributed by atoms with Gasteiger partial charge in [0.2, 0.25) is 0 Å². The van der Waals surface area contributed by atoms with Gasteiger partial charge in [-0.15, -0.1) is 0 Å². The summed E-state index contributed by atoms with van der Waals surface area (Å²) in [4.78, 5) is 12.5. The Morgan fingerprint density at radius 1 is 1.35 bits per heavy atom. The van der Waals surface area contributed by atoms with Gasteiger partial charge < -0.3 is 10.1 Å². The minimum absolute atomic E-state index is 0.00958. The zero-order valence-corrected chi connectivity index (χ0v) is 13.8. The molecule has 0 radical (unpaired) electrons. The highest BCUT2D eigenvalue weighted by molar-refractivity contribution is 9.09. The van der Waals surface area contributed by atoms with Gasteiger partial charge in [0.15, 0.2) is 0 Å². The molecule has 3 nitrogen and oxygen atoms in total. The first-order valence-corrected chi connectivity index (χ1v) is 8.25. The fraction of sp³-hybridized carbons (Fsp3) is 0.562. The number of rotatable bonds is 4. The molecule has 1 fully saturated rings. The van der Waals surface area contributed by atoms with Gasteiger partial charge in [-0.25, -0.2) is 0 Å². The summed E-state index contributed by atoms with van der Waals surface area (Å²) in [5.41, 5.74) is 1.61. The normalized spacial score (nSPS) is 17.6. The topological polar surface area (TPSA) is 38.3 Å². The lowest BCUT2D eigenvalue weighted by molar-refractivity contribution is 0.0886. The lowest BCUT2D eigenvalue weighted by atomic mass is 9.83. The average Bonchev–Trinajstić information content (AvgIpc) is 2.48. The maximum Gasteiger partial charge on any atom is 0.251 e. The Balaban J connectivity index is 2.14. The highest BCUT2D eigenvalue weighted by Gasteiger charge is 2.32. The Kier molecular flexibility index (Phi) is 5.08. The van der Waals surface area contributed by atoms with E-state index in [1.807, 2.05) is 25.1 Å². The molecule has 0 aromatic heterocycles. The van der Waals surface area contributed by atoms with Crippen molar-refractivity contribution in [2.45, 2.75) is 44.6 Å². The summed E-state index contributed by atoms with van der Waals surface area (Å²) in [6.45, 7) is 1.97. The van der Waals surface area contributed by atoms with Crippen LogP contribution in [0.5, 0.6) is 5.75 Å². The third-order valence-corrected chi connectivity index (χ3v) is 5.19. The summed E-state index contributed by atoms with van der Waals surface area (Å²) in [5, 5.41) is 4.04. The van der Waals surface area contributed by atoms with Crippen LogP contribution in [0.4, 0.5) is 0 Å². The molecule has 1 aromatic rings. The third-order valence-electron chi connectivity index (χ3n) is 4.12. The van der Waals surface area contributed by atoms with Crippen molar-refractivity contribution in [3.63, 3.8) is 0 Å². The SMILES string of the molecule is COc1cc(C(=O)NC2(CBr)CCCCC2)ccc1C. The molecule has 110 valence electrons. The lowest BCUT2D eigenvalue weighted by Gasteiger charge is -2.36. The minimum atomic E-state index is -0.0898. The second-order valence-electron chi connectivity index (χ2n) is 5.61. The molecule has 1 aliphatic carbocycles. The van der Waals surface area contributed by atoms with Crippen LogP contribution in [0.3, 0.4) is 0 Å². The van der Waals surface area contributed by atoms with Gasteiger partial charge in [0.25, 0.3) is 5.91 Å². The van der Waals surface area contributed by atoms with Crippen LogP contribution in [0.25, 0.3) is 0 Å². The highest BCUT2D eigenvalue weighted by atomic mass is 79.9. The van der Waals surface area contributed by atoms with E-state index in [1.165, 1.54) is 19.3 Å². The molecule has 0 spiro atoms. The Hall–Kier alpha value is -1.03. The largest absolute Gasteiger partial charge is 0.496 e. The molecule has 1 saturated carbocycles. The fourth-order valence-corrected chi connectivity index (χ4v) is 3.50. The molecular weight excluding hydrogens is 318 g/mol. The molecule has 0 atom stereocenters. The van der Waals surface area contributed by atoms with Crippen molar-refractivity contribution < 1.29 is 9.53 Å². The van der Waals surface area contributed by atoms with Gasteiger partial charge >= 0.3 is 0 Å². The number of hydrogen-bond donors (Lipinski definition) is 1. The number of halogens is 1. The van der Waals surface area contributed by atoms with Crippen LogP contribution in [0.15, 0.2) is 18.2 Å². The summed E-state index contributed by atoms with van der Waals surface area (Å²) >= 11 is 3.57. The van der Waals surface area contributed by atoms with Crippen molar-refractivity contribution in [1.29, 1.82) is 0 Å². The van der Waals surface area contributed by atoms with Gasteiger partial charge in [0.05, 0.1) is 12.6 Å². The predicted octanol–water partition coefficient (Wildman–Crippen LogP) is 3.83. The number of benzene rings is 1. The first kappa shape index (κ1) is 15.4. The number of alkyl halides is 1. The van der Waals surface area contributed by atoms with Gasteiger partial charge in [-0.2, -0.15) is 0 Å². The molecule has 0 saturated heterocycles. The van der Waals surface area contributed by atoms with E-state index in [9.17, 15) is 4.79 Å². The van der Waals surface area contributed by atoms with Gasteiger partial charge in [-0.05, 0) is 37.5 Å². The second kappa shape index (κ2) is 6.61. The fourth-order valence-electron chi connectivity index (χ4n) is 2.79. The van der Waals surface area contributed by atoms with E-state index in [2.05, 4.69) is 21.2 Å². The Morgan fingerprint density at radius 3 is 2.65 bits per heavy atom. The van der Waals surface area contributed by atoms with Crippen molar-refractivity contribution >= 4 is 21.8 Å². The van der Waals surface area contributed by atoms with E-state index in [0.717, 1.165) is 29.5 Å². The third kappa shape index (κ3) is 3.35. The highest BCUT2D eigenvalue weighted by Crippen LogP contribution is 2.30. The van der Waals surface area contributed by atoms with E-state index < -0.39 is 0 Å². The monoisotopic (exact) mass is 339 g/mol. The molecule has 0 aliphatic heterocycles. The maximum absolute atomic E-state index is 12.5. The number of ether oxygens (including phenoxy) is 1. The van der Waals surface area contributed by atoms with Gasteiger partial charge in [0.1, 0.15) is 5.75 Å². The van der Waals surface area contributed by atoms with Crippen LogP contribution in [-0.2, 0) is 0 Å². The Morgan fingerprint density at radius 2 is 2.05 bits per heavy atom. The number of hydrogen-bond acceptors (Lipinski definition) is 2. The number of aryl methyl sites for hydroxylation is 1. The zero-order valence-electron chi connectivity index (χ0n) is 12.2. The number of amides is 1. The smallest absolute Gasteiger partial charge is 0.251 e. The molecule has 1 amide bonds. The zero-order chi connectivity index (χ0) is 14.6. The summed E-state index contributed by atoms with van der Waals surface area (Å²) in [7, 11) is 1.63. The lowest BCUT2D eigenvalue weighted by Crippen LogP contribution is -2.51. The van der Waals surface area contributed by atoms with Crippen molar-refractivity contribution in [3.05, 3.63) is 29.3 Å². The van der Waals surface area contributed by atoms with Crippen molar-refractivity contribution in [2.75, 3.05) is 12.4 Å². The van der Waals surface area contributed by atoms with Crippen LogP contribution in [0.2, 0.25) is 0 Å². The predicted molar refractivity (Wildman–Crippen MR) is 84.8 cm³/mol. The summed E-state index contributed by atoms with van der Waals surface area (Å²) in [5.74, 6) is 0.749. The van der Waals surface area contributed by atoms with Gasteiger partial charge in [-0.3, -0.25) is 4.79 Å². The van der Waals surface area contributed by atoms with Crippen LogP contribution in [0, 0.1) is 6.92 Å². The first-order valence-electron chi connectivity index (χ1n) is 7.13. The standard InChI is InChI=1S/C16H22BrNO2/c1-12-6-7-13(10-14(12)20-2)15(19)18-16(11-17)8-4-3-5-9-16/h6-7,10H,3-5,8-9,11H2,1-2H3,(H,18,19). The summed E-state index contributed by atoms with van der Waals surface area (Å²) in [6, 6.07) is 5.60. The molecule has 0 bridgehead atoms. The number of nitrogens with one attached hydrogen (secondary N) is 1. The molecule has 1 aliphatic rings. The van der Waals surface area contributed by atoms with Crippen molar-refractivity contribution in [1.82, 2.24) is 5.32 Å². The molecule has 2 rings (SSSR count). The quantitative estimate of drug-likeness (QED) is 0.846. The van der Waals surface area contributed by atoms with Crippen molar-refractivity contribution in [2.24, 2.45) is 0 Å². The Bertz CT molecular complexity index is 481. The summed E-state index contributed by atoms with van der Waals surface area (Å²) in [6.07, 6.45) is 5.73. The number of carbonyl (C=O) groups excluding carboxylic acids is 1. The summed E-state index contributed by atoms with van der Waals surface area (Å²) < 4.78 is 5.29. The van der Waals surface area contributed by atoms with E-state index in [-0.39, 0.29) is 11.4 Å². The maximum atomic E-state index is 12.5. The van der Waals surface area contributed by atoms with Gasteiger partial charge in [-0.1, -0.05) is 41.3 Å². The van der Waals surface area contributed by atoms with E-state index >= 15 is 0 Å². The molecule has 0 heterocycles. The molecule has 4 heteroatoms. The van der Waals surface area contributed by atoms with E-state index in [0.29, 0.717) is 5.56 Å².